The molecule has 0 bridgehead atoms. The number of halogens is 2. The summed E-state index contributed by atoms with van der Waals surface area (Å²) in [6.45, 7) is 7.99. The summed E-state index contributed by atoms with van der Waals surface area (Å²) in [5.41, 5.74) is 15.8. The average molecular weight is 357 g/mol. The number of aliphatic imine (C=N–C) groups is 1. The third-order valence-electron chi connectivity index (χ3n) is 3.36. The van der Waals surface area contributed by atoms with Crippen LogP contribution in [0.15, 0.2) is 4.99 Å². The van der Waals surface area contributed by atoms with E-state index in [1.165, 1.54) is 0 Å². The van der Waals surface area contributed by atoms with E-state index in [1.54, 1.807) is 0 Å². The summed E-state index contributed by atoms with van der Waals surface area (Å²) in [4.78, 5) is 8.89. The maximum absolute atomic E-state index is 7.07. The first-order chi connectivity index (χ1) is 9.58. The molecule has 0 aromatic heterocycles. The molecule has 1 fully saturated rings. The molecule has 132 valence electrons. The molecule has 8 nitrogen and oxygen atoms in total. The molecule has 0 aliphatic carbocycles. The molecular formula is C12H30Cl2N8. The lowest BCUT2D eigenvalue weighted by Gasteiger charge is -2.34. The van der Waals surface area contributed by atoms with Gasteiger partial charge in [-0.1, -0.05) is 0 Å². The summed E-state index contributed by atoms with van der Waals surface area (Å²) in [6.07, 6.45) is 2.02. The van der Waals surface area contributed by atoms with Crippen molar-refractivity contribution in [2.24, 2.45) is 22.2 Å². The Morgan fingerprint density at radius 2 is 1.45 bits per heavy atom. The fourth-order valence-electron chi connectivity index (χ4n) is 2.26. The number of nitrogens with zero attached hydrogens (tertiary/aromatic N) is 3. The Morgan fingerprint density at radius 1 is 0.955 bits per heavy atom. The van der Waals surface area contributed by atoms with Gasteiger partial charge in [0.2, 0.25) is 0 Å². The zero-order valence-electron chi connectivity index (χ0n) is 13.0. The number of rotatable bonds is 8. The smallest absolute Gasteiger partial charge is 0.185 e. The summed E-state index contributed by atoms with van der Waals surface area (Å²) >= 11 is 0. The lowest BCUT2D eigenvalue weighted by Crippen LogP contribution is -2.47. The van der Waals surface area contributed by atoms with Crippen molar-refractivity contribution in [3.8, 4) is 0 Å². The number of hydrogen-bond donors (Lipinski definition) is 5. The van der Waals surface area contributed by atoms with E-state index < -0.39 is 0 Å². The Kier molecular flexibility index (Phi) is 14.5. The van der Waals surface area contributed by atoms with Crippen LogP contribution in [0.2, 0.25) is 0 Å². The predicted molar refractivity (Wildman–Crippen MR) is 97.2 cm³/mol. The Labute approximate surface area is 145 Å². The van der Waals surface area contributed by atoms with Crippen LogP contribution < -0.4 is 22.5 Å². The molecule has 0 aromatic rings. The lowest BCUT2D eigenvalue weighted by molar-refractivity contribution is 0.131. The van der Waals surface area contributed by atoms with Crippen molar-refractivity contribution in [3.63, 3.8) is 0 Å². The molecule has 0 spiro atoms. The van der Waals surface area contributed by atoms with Crippen molar-refractivity contribution >= 4 is 36.7 Å². The Hall–Kier alpha value is -0.960. The van der Waals surface area contributed by atoms with E-state index in [4.69, 9.17) is 22.6 Å². The topological polar surface area (TPSA) is 133 Å². The highest BCUT2D eigenvalue weighted by molar-refractivity contribution is 5.85. The molecule has 10 heteroatoms. The third-order valence-corrected chi connectivity index (χ3v) is 3.36. The highest BCUT2D eigenvalue weighted by Crippen LogP contribution is 2.03. The van der Waals surface area contributed by atoms with Crippen LogP contribution >= 0.6 is 24.8 Å². The van der Waals surface area contributed by atoms with Gasteiger partial charge in [0.1, 0.15) is 0 Å². The van der Waals surface area contributed by atoms with Gasteiger partial charge in [-0.05, 0) is 19.4 Å². The second kappa shape index (κ2) is 13.7. The van der Waals surface area contributed by atoms with Crippen molar-refractivity contribution in [2.45, 2.75) is 12.8 Å². The summed E-state index contributed by atoms with van der Waals surface area (Å²) in [5, 5.41) is 9.90. The van der Waals surface area contributed by atoms with Crippen LogP contribution in [0.1, 0.15) is 12.8 Å². The molecular weight excluding hydrogens is 327 g/mol. The van der Waals surface area contributed by atoms with E-state index in [0.29, 0.717) is 6.54 Å². The maximum Gasteiger partial charge on any atom is 0.185 e. The fraction of sp³-hybridized carbons (Fsp3) is 0.833. The van der Waals surface area contributed by atoms with Crippen LogP contribution in [0.25, 0.3) is 0 Å². The van der Waals surface area contributed by atoms with Crippen LogP contribution in [0.3, 0.4) is 0 Å². The molecule has 0 unspecified atom stereocenters. The van der Waals surface area contributed by atoms with Crippen LogP contribution in [0, 0.1) is 5.41 Å². The van der Waals surface area contributed by atoms with E-state index in [0.717, 1.165) is 58.7 Å². The van der Waals surface area contributed by atoms with Gasteiger partial charge in [0.05, 0.1) is 0 Å². The van der Waals surface area contributed by atoms with Gasteiger partial charge in [0, 0.05) is 45.8 Å². The highest BCUT2D eigenvalue weighted by atomic mass is 35.5. The van der Waals surface area contributed by atoms with Crippen molar-refractivity contribution in [2.75, 3.05) is 52.4 Å². The number of guanidine groups is 2. The first kappa shape index (κ1) is 23.3. The van der Waals surface area contributed by atoms with Crippen LogP contribution in [-0.2, 0) is 0 Å². The van der Waals surface area contributed by atoms with Gasteiger partial charge in [-0.3, -0.25) is 10.4 Å². The van der Waals surface area contributed by atoms with Crippen molar-refractivity contribution in [1.29, 1.82) is 5.41 Å². The second-order valence-corrected chi connectivity index (χ2v) is 5.04. The molecule has 0 atom stereocenters. The maximum atomic E-state index is 7.07. The van der Waals surface area contributed by atoms with E-state index >= 15 is 0 Å². The summed E-state index contributed by atoms with van der Waals surface area (Å²) in [7, 11) is 0. The van der Waals surface area contributed by atoms with Gasteiger partial charge in [-0.25, -0.2) is 0 Å². The summed E-state index contributed by atoms with van der Waals surface area (Å²) in [6, 6.07) is 0. The number of hydrogen-bond acceptors (Lipinski definition) is 4. The number of nitrogens with two attached hydrogens (primary N) is 3. The van der Waals surface area contributed by atoms with Crippen molar-refractivity contribution in [3.05, 3.63) is 0 Å². The molecule has 0 saturated carbocycles. The van der Waals surface area contributed by atoms with Gasteiger partial charge in [0.15, 0.2) is 11.9 Å². The molecule has 1 aliphatic rings. The largest absolute Gasteiger partial charge is 0.370 e. The predicted octanol–water partition coefficient (Wildman–Crippen LogP) is -1.02. The molecule has 0 aromatic carbocycles. The number of piperazine rings is 1. The van der Waals surface area contributed by atoms with Crippen molar-refractivity contribution < 1.29 is 0 Å². The second-order valence-electron chi connectivity index (χ2n) is 5.04. The zero-order valence-corrected chi connectivity index (χ0v) is 14.6. The first-order valence-corrected chi connectivity index (χ1v) is 7.16. The molecule has 0 radical (unpaired) electrons. The van der Waals surface area contributed by atoms with Crippen molar-refractivity contribution in [1.82, 2.24) is 15.1 Å². The number of nitrogens with one attached hydrogen (secondary N) is 2. The minimum Gasteiger partial charge on any atom is -0.370 e. The van der Waals surface area contributed by atoms with Crippen LogP contribution in [-0.4, -0.2) is 74.1 Å². The molecule has 1 saturated heterocycles. The highest BCUT2D eigenvalue weighted by Gasteiger charge is 2.15. The zero-order chi connectivity index (χ0) is 14.8. The first-order valence-electron chi connectivity index (χ1n) is 7.16. The van der Waals surface area contributed by atoms with E-state index in [2.05, 4.69) is 20.1 Å². The normalized spacial score (nSPS) is 15.3. The van der Waals surface area contributed by atoms with Gasteiger partial charge in [0.25, 0.3) is 0 Å². The van der Waals surface area contributed by atoms with Crippen LogP contribution in [0.4, 0.5) is 0 Å². The van der Waals surface area contributed by atoms with E-state index in [-0.39, 0.29) is 36.7 Å². The Morgan fingerprint density at radius 3 is 1.91 bits per heavy atom. The molecule has 0 amide bonds. The third kappa shape index (κ3) is 11.7. The molecule has 1 aliphatic heterocycles. The fourth-order valence-corrected chi connectivity index (χ4v) is 2.26. The molecule has 1 heterocycles. The minimum atomic E-state index is 0. The molecule has 22 heavy (non-hydrogen) atoms. The van der Waals surface area contributed by atoms with Gasteiger partial charge < -0.3 is 32.3 Å². The Balaban J connectivity index is 0. The monoisotopic (exact) mass is 356 g/mol. The van der Waals surface area contributed by atoms with E-state index in [9.17, 15) is 0 Å². The molecule has 1 rings (SSSR count). The quantitative estimate of drug-likeness (QED) is 0.215. The summed E-state index contributed by atoms with van der Waals surface area (Å²) in [5.74, 6) is 0.226. The Bertz CT molecular complexity index is 314. The SMILES string of the molecule is Cl.Cl.N=C(N)NCCCN1CCN(CCCN=C(N)N)CC1. The standard InChI is InChI=1S/C12H28N8.2ClH/c13-11(14)17-3-1-5-19-7-9-20(10-8-19)6-2-4-18-12(15)16;;/h1-10H2,(H4,13,14,17)(H4,15,16,18);2*1H. The van der Waals surface area contributed by atoms with Gasteiger partial charge in [-0.2, -0.15) is 0 Å². The van der Waals surface area contributed by atoms with E-state index in [1.807, 2.05) is 0 Å². The average Bonchev–Trinajstić information content (AvgIpc) is 2.41. The van der Waals surface area contributed by atoms with Gasteiger partial charge >= 0.3 is 0 Å². The lowest BCUT2D eigenvalue weighted by atomic mass is 10.2. The summed E-state index contributed by atoms with van der Waals surface area (Å²) < 4.78 is 0. The van der Waals surface area contributed by atoms with Crippen LogP contribution in [0.5, 0.6) is 0 Å². The van der Waals surface area contributed by atoms with Gasteiger partial charge in [-0.15, -0.1) is 24.8 Å². The molecule has 8 N–H and O–H groups in total. The minimum absolute atomic E-state index is 0.